The van der Waals surface area contributed by atoms with E-state index in [-0.39, 0.29) is 27.3 Å². The van der Waals surface area contributed by atoms with Crippen LogP contribution in [0.4, 0.5) is 14.5 Å². The second-order valence-corrected chi connectivity index (χ2v) is 9.64. The van der Waals surface area contributed by atoms with Gasteiger partial charge in [0.1, 0.15) is 0 Å². The zero-order valence-electron chi connectivity index (χ0n) is 17.8. The Balaban J connectivity index is 1.73. The lowest BCUT2D eigenvalue weighted by Crippen LogP contribution is -2.30. The number of hydrogen-bond donors (Lipinski definition) is 2. The van der Waals surface area contributed by atoms with Gasteiger partial charge in [-0.25, -0.2) is 21.9 Å². The molecule has 0 fully saturated rings. The predicted molar refractivity (Wildman–Crippen MR) is 121 cm³/mol. The predicted octanol–water partition coefficient (Wildman–Crippen LogP) is 2.70. The third-order valence-corrected chi connectivity index (χ3v) is 7.62. The Hall–Kier alpha value is -3.03. The molecule has 0 bridgehead atoms. The summed E-state index contributed by atoms with van der Waals surface area (Å²) in [4.78, 5) is 12.2. The van der Waals surface area contributed by atoms with Crippen LogP contribution in [-0.4, -0.2) is 52.3 Å². The van der Waals surface area contributed by atoms with Crippen LogP contribution in [0.1, 0.15) is 13.8 Å². The van der Waals surface area contributed by atoms with Crippen molar-refractivity contribution >= 4 is 33.4 Å². The largest absolute Gasteiger partial charge is 0.335 e. The Labute approximate surface area is 194 Å². The molecule has 1 heterocycles. The van der Waals surface area contributed by atoms with E-state index in [1.165, 1.54) is 22.5 Å². The van der Waals surface area contributed by atoms with Crippen molar-refractivity contribution in [1.29, 1.82) is 0 Å². The highest BCUT2D eigenvalue weighted by atomic mass is 32.2. The Morgan fingerprint density at radius 3 is 2.52 bits per heavy atom. The molecular formula is C20H22F2N6O3S2. The number of nitrogens with zero attached hydrogens (tertiary/aromatic N) is 4. The number of carbonyl (C=O) groups excluding carboxylic acids is 1. The quantitative estimate of drug-likeness (QED) is 0.345. The number of sulfonamides is 1. The first-order chi connectivity index (χ1) is 15.7. The molecule has 0 radical (unpaired) electrons. The van der Waals surface area contributed by atoms with Gasteiger partial charge in [0.05, 0.1) is 10.6 Å². The second-order valence-electron chi connectivity index (χ2n) is 6.76. The summed E-state index contributed by atoms with van der Waals surface area (Å²) in [6, 6.07) is 9.22. The zero-order chi connectivity index (χ0) is 24.2. The molecule has 0 aliphatic rings. The molecule has 2 aromatic carbocycles. The number of aromatic nitrogens is 3. The van der Waals surface area contributed by atoms with E-state index in [2.05, 4.69) is 15.5 Å². The number of thioether (sulfide) groups is 1. The monoisotopic (exact) mass is 496 g/mol. The standard InChI is InChI=1S/C20H22F2N6O3S2/c1-3-27(4-2)33(30,31)15-7-5-6-13(10-15)19-25-26-20(28(19)23)32-12-18(29)24-14-8-9-16(21)17(22)11-14/h5-11H,3-4,12,23H2,1-2H3,(H,24,29). The van der Waals surface area contributed by atoms with E-state index >= 15 is 0 Å². The number of halogens is 2. The maximum Gasteiger partial charge on any atom is 0.243 e. The lowest BCUT2D eigenvalue weighted by atomic mass is 10.2. The van der Waals surface area contributed by atoms with Crippen molar-refractivity contribution in [2.45, 2.75) is 23.9 Å². The molecular weight excluding hydrogens is 474 g/mol. The van der Waals surface area contributed by atoms with E-state index in [4.69, 9.17) is 5.84 Å². The number of benzene rings is 2. The van der Waals surface area contributed by atoms with Crippen molar-refractivity contribution < 1.29 is 22.0 Å². The van der Waals surface area contributed by atoms with Gasteiger partial charge in [-0.1, -0.05) is 37.7 Å². The van der Waals surface area contributed by atoms with Gasteiger partial charge in [0.2, 0.25) is 21.1 Å². The summed E-state index contributed by atoms with van der Waals surface area (Å²) >= 11 is 0.977. The van der Waals surface area contributed by atoms with Gasteiger partial charge < -0.3 is 11.2 Å². The van der Waals surface area contributed by atoms with Crippen molar-refractivity contribution in [2.75, 3.05) is 30.0 Å². The molecule has 33 heavy (non-hydrogen) atoms. The molecule has 1 aromatic heterocycles. The minimum atomic E-state index is -3.67. The molecule has 9 nitrogen and oxygen atoms in total. The second kappa shape index (κ2) is 10.3. The third-order valence-electron chi connectivity index (χ3n) is 4.64. The lowest BCUT2D eigenvalue weighted by Gasteiger charge is -2.18. The SMILES string of the molecule is CCN(CC)S(=O)(=O)c1cccc(-c2nnc(SCC(=O)Nc3ccc(F)c(F)c3)n2N)c1. The van der Waals surface area contributed by atoms with Gasteiger partial charge >= 0.3 is 0 Å². The van der Waals surface area contributed by atoms with Gasteiger partial charge in [0.25, 0.3) is 0 Å². The van der Waals surface area contributed by atoms with Crippen LogP contribution in [0.3, 0.4) is 0 Å². The van der Waals surface area contributed by atoms with Crippen molar-refractivity contribution in [3.63, 3.8) is 0 Å². The van der Waals surface area contributed by atoms with Crippen LogP contribution < -0.4 is 11.2 Å². The fraction of sp³-hybridized carbons (Fsp3) is 0.250. The highest BCUT2D eigenvalue weighted by Crippen LogP contribution is 2.25. The number of anilines is 1. The first-order valence-electron chi connectivity index (χ1n) is 9.86. The van der Waals surface area contributed by atoms with Crippen LogP contribution in [0, 0.1) is 11.6 Å². The molecule has 13 heteroatoms. The summed E-state index contributed by atoms with van der Waals surface area (Å²) in [6.45, 7) is 4.19. The molecule has 3 N–H and O–H groups in total. The molecule has 3 aromatic rings. The van der Waals surface area contributed by atoms with Crippen LogP contribution >= 0.6 is 11.8 Å². The van der Waals surface area contributed by atoms with Gasteiger partial charge in [0, 0.05) is 30.4 Å². The van der Waals surface area contributed by atoms with Crippen molar-refractivity contribution in [1.82, 2.24) is 19.2 Å². The summed E-state index contributed by atoms with van der Waals surface area (Å²) in [5.41, 5.74) is 0.553. The highest BCUT2D eigenvalue weighted by molar-refractivity contribution is 7.99. The van der Waals surface area contributed by atoms with E-state index < -0.39 is 27.6 Å². The molecule has 0 unspecified atom stereocenters. The molecule has 0 aliphatic carbocycles. The average Bonchev–Trinajstić information content (AvgIpc) is 3.16. The number of nitrogens with one attached hydrogen (secondary N) is 1. The smallest absolute Gasteiger partial charge is 0.243 e. The first kappa shape index (κ1) is 24.6. The zero-order valence-corrected chi connectivity index (χ0v) is 19.5. The fourth-order valence-corrected chi connectivity index (χ4v) is 5.14. The van der Waals surface area contributed by atoms with E-state index in [0.29, 0.717) is 18.7 Å². The van der Waals surface area contributed by atoms with Crippen molar-refractivity contribution in [3.8, 4) is 11.4 Å². The summed E-state index contributed by atoms with van der Waals surface area (Å²) in [6.07, 6.45) is 0. The number of hydrogen-bond acceptors (Lipinski definition) is 7. The van der Waals surface area contributed by atoms with Crippen LogP contribution in [0.15, 0.2) is 52.5 Å². The lowest BCUT2D eigenvalue weighted by molar-refractivity contribution is -0.113. The third kappa shape index (κ3) is 5.49. The van der Waals surface area contributed by atoms with E-state index in [0.717, 1.165) is 28.6 Å². The van der Waals surface area contributed by atoms with Crippen molar-refractivity contribution in [3.05, 3.63) is 54.1 Å². The topological polar surface area (TPSA) is 123 Å². The van der Waals surface area contributed by atoms with Gasteiger partial charge in [-0.05, 0) is 24.3 Å². The molecule has 0 spiro atoms. The highest BCUT2D eigenvalue weighted by Gasteiger charge is 2.23. The first-order valence-corrected chi connectivity index (χ1v) is 12.3. The average molecular weight is 497 g/mol. The maximum absolute atomic E-state index is 13.3. The Morgan fingerprint density at radius 2 is 1.85 bits per heavy atom. The molecule has 176 valence electrons. The van der Waals surface area contributed by atoms with Crippen LogP contribution in [0.2, 0.25) is 0 Å². The van der Waals surface area contributed by atoms with E-state index in [1.807, 2.05) is 0 Å². The van der Waals surface area contributed by atoms with E-state index in [1.54, 1.807) is 26.0 Å². The summed E-state index contributed by atoms with van der Waals surface area (Å²) in [5.74, 6) is 3.60. The molecule has 0 saturated heterocycles. The Morgan fingerprint density at radius 1 is 1.12 bits per heavy atom. The van der Waals surface area contributed by atoms with Crippen LogP contribution in [0.5, 0.6) is 0 Å². The van der Waals surface area contributed by atoms with Gasteiger partial charge in [-0.3, -0.25) is 4.79 Å². The summed E-state index contributed by atoms with van der Waals surface area (Å²) in [7, 11) is -3.67. The number of nitrogen functional groups attached to an aromatic ring is 1. The number of nitrogens with two attached hydrogens (primary N) is 1. The fourth-order valence-electron chi connectivity index (χ4n) is 2.98. The minimum Gasteiger partial charge on any atom is -0.335 e. The molecule has 1 amide bonds. The van der Waals surface area contributed by atoms with Crippen molar-refractivity contribution in [2.24, 2.45) is 0 Å². The number of carbonyl (C=O) groups is 1. The van der Waals surface area contributed by atoms with Gasteiger partial charge in [0.15, 0.2) is 17.5 Å². The van der Waals surface area contributed by atoms with Gasteiger partial charge in [-0.15, -0.1) is 10.2 Å². The Kier molecular flexibility index (Phi) is 7.66. The molecule has 0 saturated carbocycles. The van der Waals surface area contributed by atoms with E-state index in [9.17, 15) is 22.0 Å². The van der Waals surface area contributed by atoms with Crippen LogP contribution in [-0.2, 0) is 14.8 Å². The summed E-state index contributed by atoms with van der Waals surface area (Å²) < 4.78 is 54.4. The molecule has 0 atom stereocenters. The number of rotatable bonds is 9. The maximum atomic E-state index is 13.3. The molecule has 3 rings (SSSR count). The Bertz CT molecular complexity index is 1260. The van der Waals surface area contributed by atoms with Gasteiger partial charge in [-0.2, -0.15) is 4.31 Å². The number of amides is 1. The molecule has 0 aliphatic heterocycles. The summed E-state index contributed by atoms with van der Waals surface area (Å²) in [5, 5.41) is 10.6. The minimum absolute atomic E-state index is 0.104. The normalized spacial score (nSPS) is 11.7. The van der Waals surface area contributed by atoms with Crippen LogP contribution in [0.25, 0.3) is 11.4 Å².